The van der Waals surface area contributed by atoms with E-state index in [0.29, 0.717) is 27.3 Å². The van der Waals surface area contributed by atoms with Crippen molar-refractivity contribution >= 4 is 38.7 Å². The molecule has 2 atom stereocenters. The van der Waals surface area contributed by atoms with Gasteiger partial charge in [-0.05, 0) is 36.5 Å². The lowest BCUT2D eigenvalue weighted by molar-refractivity contribution is -0.126. The molecule has 190 valence electrons. The lowest BCUT2D eigenvalue weighted by atomic mass is 10.1. The quantitative estimate of drug-likeness (QED) is 0.296. The standard InChI is InChI=1S/C25H26F3N5OS2/c1-33(22-20-10-19(11-25(26,27)28)35-23(20)32-14-31-22)18-8-7-17(9-18)29-12-15-3-5-16(6-4-15)21-13-30-24(34-2)36-21/h3-6,10,13-14,17-18,29H,7-9,11-12H2,1-2H3/t17-,18+/m0/s1. The van der Waals surface area contributed by atoms with Gasteiger partial charge in [0.15, 0.2) is 0 Å². The summed E-state index contributed by atoms with van der Waals surface area (Å²) in [5, 5.41) is 5.01. The number of thiophene rings is 1. The van der Waals surface area contributed by atoms with Crippen LogP contribution in [-0.2, 0) is 13.0 Å². The van der Waals surface area contributed by atoms with Crippen LogP contribution in [0.4, 0.5) is 19.0 Å². The molecule has 0 aliphatic heterocycles. The summed E-state index contributed by atoms with van der Waals surface area (Å²) < 4.78 is 43.8. The second kappa shape index (κ2) is 10.3. The van der Waals surface area contributed by atoms with Crippen LogP contribution in [-0.4, -0.2) is 47.4 Å². The number of ether oxygens (including phenoxy) is 1. The maximum Gasteiger partial charge on any atom is 0.393 e. The van der Waals surface area contributed by atoms with E-state index in [4.69, 9.17) is 4.74 Å². The number of methoxy groups -OCH3 is 1. The maximum absolute atomic E-state index is 12.9. The highest BCUT2D eigenvalue weighted by Gasteiger charge is 2.31. The first-order valence-corrected chi connectivity index (χ1v) is 13.3. The number of hydrogen-bond donors (Lipinski definition) is 1. The molecule has 0 amide bonds. The fourth-order valence-electron chi connectivity index (χ4n) is 4.66. The summed E-state index contributed by atoms with van der Waals surface area (Å²) in [4.78, 5) is 16.9. The van der Waals surface area contributed by atoms with Gasteiger partial charge in [0, 0.05) is 36.8 Å². The molecule has 3 aromatic heterocycles. The highest BCUT2D eigenvalue weighted by molar-refractivity contribution is 7.18. The number of rotatable bonds is 8. The zero-order valence-corrected chi connectivity index (χ0v) is 21.5. The van der Waals surface area contributed by atoms with Crippen molar-refractivity contribution in [1.82, 2.24) is 20.3 Å². The molecule has 1 saturated carbocycles. The van der Waals surface area contributed by atoms with Gasteiger partial charge in [-0.2, -0.15) is 13.2 Å². The lowest BCUT2D eigenvalue weighted by Crippen LogP contribution is -2.33. The van der Waals surface area contributed by atoms with Crippen molar-refractivity contribution in [3.05, 3.63) is 53.3 Å². The second-order valence-electron chi connectivity index (χ2n) is 8.97. The lowest BCUT2D eigenvalue weighted by Gasteiger charge is -2.26. The third-order valence-corrected chi connectivity index (χ3v) is 8.56. The van der Waals surface area contributed by atoms with Gasteiger partial charge in [0.2, 0.25) is 0 Å². The number of benzene rings is 1. The van der Waals surface area contributed by atoms with E-state index in [2.05, 4.69) is 49.4 Å². The molecule has 0 bridgehead atoms. The molecule has 11 heteroatoms. The second-order valence-corrected chi connectivity index (χ2v) is 11.1. The van der Waals surface area contributed by atoms with Crippen LogP contribution in [0.5, 0.6) is 5.19 Å². The first kappa shape index (κ1) is 24.9. The monoisotopic (exact) mass is 533 g/mol. The molecule has 1 aliphatic carbocycles. The van der Waals surface area contributed by atoms with Crippen LogP contribution in [0, 0.1) is 0 Å². The molecule has 3 heterocycles. The van der Waals surface area contributed by atoms with E-state index < -0.39 is 12.6 Å². The summed E-state index contributed by atoms with van der Waals surface area (Å²) in [5.41, 5.74) is 2.32. The Bertz CT molecular complexity index is 1320. The van der Waals surface area contributed by atoms with Crippen molar-refractivity contribution in [2.24, 2.45) is 0 Å². The van der Waals surface area contributed by atoms with Crippen LogP contribution < -0.4 is 15.0 Å². The molecule has 4 aromatic rings. The third kappa shape index (κ3) is 5.63. The molecule has 6 nitrogen and oxygen atoms in total. The van der Waals surface area contributed by atoms with Crippen molar-refractivity contribution in [3.8, 4) is 15.6 Å². The van der Waals surface area contributed by atoms with Crippen LogP contribution in [0.2, 0.25) is 0 Å². The number of fused-ring (bicyclic) bond motifs is 1. The van der Waals surface area contributed by atoms with E-state index >= 15 is 0 Å². The van der Waals surface area contributed by atoms with Crippen molar-refractivity contribution < 1.29 is 17.9 Å². The zero-order valence-electron chi connectivity index (χ0n) is 19.9. The normalized spacial score (nSPS) is 18.1. The zero-order chi connectivity index (χ0) is 25.3. The van der Waals surface area contributed by atoms with Gasteiger partial charge >= 0.3 is 6.18 Å². The first-order valence-electron chi connectivity index (χ1n) is 11.6. The summed E-state index contributed by atoms with van der Waals surface area (Å²) in [5.74, 6) is 0.700. The van der Waals surface area contributed by atoms with Gasteiger partial charge in [0.25, 0.3) is 5.19 Å². The van der Waals surface area contributed by atoms with Crippen LogP contribution in [0.1, 0.15) is 29.7 Å². The molecule has 1 N–H and O–H groups in total. The number of hydrogen-bond acceptors (Lipinski definition) is 8. The fourth-order valence-corrected chi connectivity index (χ4v) is 6.42. The first-order chi connectivity index (χ1) is 17.3. The number of thiazole rings is 1. The summed E-state index contributed by atoms with van der Waals surface area (Å²) in [6.45, 7) is 0.774. The number of nitrogens with one attached hydrogen (secondary N) is 1. The van der Waals surface area contributed by atoms with Crippen molar-refractivity contribution in [1.29, 1.82) is 0 Å². The van der Waals surface area contributed by atoms with Crippen LogP contribution in [0.25, 0.3) is 20.7 Å². The minimum absolute atomic E-state index is 0.259. The molecule has 5 rings (SSSR count). The van der Waals surface area contributed by atoms with Crippen molar-refractivity contribution in [2.75, 3.05) is 19.1 Å². The Morgan fingerprint density at radius 3 is 2.64 bits per heavy atom. The molecule has 0 unspecified atom stereocenters. The van der Waals surface area contributed by atoms with Gasteiger partial charge in [-0.25, -0.2) is 15.0 Å². The number of nitrogens with zero attached hydrogens (tertiary/aromatic N) is 4. The Morgan fingerprint density at radius 2 is 1.92 bits per heavy atom. The molecule has 1 aromatic carbocycles. The molecule has 1 fully saturated rings. The average Bonchev–Trinajstić information content (AvgIpc) is 3.60. The fraction of sp³-hybridized carbons (Fsp3) is 0.400. The minimum atomic E-state index is -4.24. The van der Waals surface area contributed by atoms with Crippen molar-refractivity contribution in [3.63, 3.8) is 0 Å². The molecular weight excluding hydrogens is 507 g/mol. The Hall–Kier alpha value is -2.76. The maximum atomic E-state index is 12.9. The van der Waals surface area contributed by atoms with Gasteiger partial charge in [-0.15, -0.1) is 11.3 Å². The molecular formula is C25H26F3N5OS2. The smallest absolute Gasteiger partial charge is 0.393 e. The van der Waals surface area contributed by atoms with Gasteiger partial charge in [0.05, 0.1) is 23.8 Å². The number of alkyl halides is 3. The predicted octanol–water partition coefficient (Wildman–Crippen LogP) is 6.08. The van der Waals surface area contributed by atoms with E-state index in [1.807, 2.05) is 13.2 Å². The highest BCUT2D eigenvalue weighted by atomic mass is 32.1. The van der Waals surface area contributed by atoms with E-state index in [0.717, 1.165) is 47.6 Å². The Morgan fingerprint density at radius 1 is 1.11 bits per heavy atom. The minimum Gasteiger partial charge on any atom is -0.473 e. The van der Waals surface area contributed by atoms with Crippen LogP contribution in [0.15, 0.2) is 42.9 Å². The third-order valence-electron chi connectivity index (χ3n) is 6.51. The summed E-state index contributed by atoms with van der Waals surface area (Å²) in [6, 6.07) is 10.7. The van der Waals surface area contributed by atoms with E-state index in [-0.39, 0.29) is 10.9 Å². The van der Waals surface area contributed by atoms with E-state index in [1.54, 1.807) is 13.2 Å². The Kier molecular flexibility index (Phi) is 7.14. The summed E-state index contributed by atoms with van der Waals surface area (Å²) in [6.07, 6.45) is 1.06. The van der Waals surface area contributed by atoms with Gasteiger partial charge in [-0.1, -0.05) is 35.6 Å². The van der Waals surface area contributed by atoms with Gasteiger partial charge < -0.3 is 15.0 Å². The SMILES string of the molecule is COc1ncc(-c2ccc(CN[C@H]3CC[C@@H](N(C)c4ncnc5sc(CC(F)(F)F)cc45)C3)cc2)s1. The topological polar surface area (TPSA) is 63.2 Å². The Balaban J connectivity index is 1.19. The molecule has 0 spiro atoms. The van der Waals surface area contributed by atoms with Gasteiger partial charge in [0.1, 0.15) is 17.0 Å². The van der Waals surface area contributed by atoms with E-state index in [1.165, 1.54) is 23.2 Å². The molecule has 36 heavy (non-hydrogen) atoms. The molecule has 0 radical (unpaired) electrons. The van der Waals surface area contributed by atoms with Crippen LogP contribution >= 0.6 is 22.7 Å². The largest absolute Gasteiger partial charge is 0.473 e. The number of anilines is 1. The van der Waals surface area contributed by atoms with Crippen LogP contribution in [0.3, 0.4) is 0 Å². The highest BCUT2D eigenvalue weighted by Crippen LogP contribution is 2.36. The van der Waals surface area contributed by atoms with Gasteiger partial charge in [-0.3, -0.25) is 0 Å². The Labute approximate surface area is 215 Å². The molecule has 0 saturated heterocycles. The molecule has 1 aliphatic rings. The average molecular weight is 534 g/mol. The summed E-state index contributed by atoms with van der Waals surface area (Å²) >= 11 is 2.61. The predicted molar refractivity (Wildman–Crippen MR) is 138 cm³/mol. The van der Waals surface area contributed by atoms with E-state index in [9.17, 15) is 13.2 Å². The summed E-state index contributed by atoms with van der Waals surface area (Å²) in [7, 11) is 3.59. The van der Waals surface area contributed by atoms with Crippen molar-refractivity contribution in [2.45, 2.75) is 50.5 Å². The number of halogens is 3. The number of aromatic nitrogens is 3.